The van der Waals surface area contributed by atoms with Crippen molar-refractivity contribution in [3.8, 4) is 0 Å². The van der Waals surface area contributed by atoms with Crippen molar-refractivity contribution in [2.45, 2.75) is 89.5 Å². The second-order valence-corrected chi connectivity index (χ2v) is 6.22. The van der Waals surface area contributed by atoms with Gasteiger partial charge in [-0.05, 0) is 25.7 Å². The second-order valence-electron chi connectivity index (χ2n) is 6.22. The normalized spacial score (nSPS) is 27.3. The first-order valence-corrected chi connectivity index (χ1v) is 8.47. The van der Waals surface area contributed by atoms with Crippen LogP contribution in [0.25, 0.3) is 0 Å². The molecule has 1 saturated heterocycles. The fraction of sp³-hybridized carbons (Fsp3) is 1.00. The molecule has 2 rings (SSSR count). The first kappa shape index (κ1) is 14.3. The zero-order chi connectivity index (χ0) is 12.5. The molecule has 1 aliphatic carbocycles. The molecule has 1 aliphatic heterocycles. The van der Waals surface area contributed by atoms with Gasteiger partial charge in [-0.1, -0.05) is 57.8 Å². The smallest absolute Gasteiger partial charge is 0.0243 e. The third-order valence-corrected chi connectivity index (χ3v) is 4.66. The summed E-state index contributed by atoms with van der Waals surface area (Å²) in [6.07, 6.45) is 18.7. The van der Waals surface area contributed by atoms with Gasteiger partial charge in [0, 0.05) is 19.1 Å². The summed E-state index contributed by atoms with van der Waals surface area (Å²) in [5.41, 5.74) is 3.73. The lowest BCUT2D eigenvalue weighted by Crippen LogP contribution is -2.46. The van der Waals surface area contributed by atoms with Crippen molar-refractivity contribution in [1.29, 1.82) is 0 Å². The SMILES string of the molecule is C1CCCCC(N2CCCCCCCN2)CCC1. The Morgan fingerprint density at radius 1 is 0.611 bits per heavy atom. The number of nitrogens with zero attached hydrogens (tertiary/aromatic N) is 1. The van der Waals surface area contributed by atoms with E-state index in [0.717, 1.165) is 6.04 Å². The number of nitrogens with one attached hydrogen (secondary N) is 1. The van der Waals surface area contributed by atoms with Gasteiger partial charge in [0.15, 0.2) is 0 Å². The Morgan fingerprint density at radius 2 is 1.17 bits per heavy atom. The Hall–Kier alpha value is -0.0800. The molecule has 106 valence electrons. The van der Waals surface area contributed by atoms with Gasteiger partial charge in [0.25, 0.3) is 0 Å². The van der Waals surface area contributed by atoms with Crippen LogP contribution in [-0.4, -0.2) is 24.1 Å². The monoisotopic (exact) mass is 252 g/mol. The van der Waals surface area contributed by atoms with E-state index in [-0.39, 0.29) is 0 Å². The highest BCUT2D eigenvalue weighted by atomic mass is 15.5. The van der Waals surface area contributed by atoms with Crippen LogP contribution in [0.15, 0.2) is 0 Å². The number of hydrazine groups is 1. The fourth-order valence-corrected chi connectivity index (χ4v) is 3.47. The van der Waals surface area contributed by atoms with Gasteiger partial charge in [0.05, 0.1) is 0 Å². The van der Waals surface area contributed by atoms with Crippen LogP contribution < -0.4 is 5.43 Å². The maximum Gasteiger partial charge on any atom is 0.0243 e. The van der Waals surface area contributed by atoms with Crippen molar-refractivity contribution in [2.75, 3.05) is 13.1 Å². The van der Waals surface area contributed by atoms with E-state index in [9.17, 15) is 0 Å². The lowest BCUT2D eigenvalue weighted by Gasteiger charge is -2.32. The van der Waals surface area contributed by atoms with E-state index < -0.39 is 0 Å². The second kappa shape index (κ2) is 8.92. The number of hydrogen-bond donors (Lipinski definition) is 1. The molecule has 2 aliphatic rings. The lowest BCUT2D eigenvalue weighted by molar-refractivity contribution is 0.107. The summed E-state index contributed by atoms with van der Waals surface area (Å²) in [6.45, 7) is 2.49. The van der Waals surface area contributed by atoms with Gasteiger partial charge >= 0.3 is 0 Å². The van der Waals surface area contributed by atoms with Crippen LogP contribution in [0.1, 0.15) is 83.5 Å². The summed E-state index contributed by atoms with van der Waals surface area (Å²) in [4.78, 5) is 0. The molecule has 0 amide bonds. The predicted octanol–water partition coefficient (Wildman–Crippen LogP) is 4.26. The van der Waals surface area contributed by atoms with Crippen LogP contribution in [0.4, 0.5) is 0 Å². The fourth-order valence-electron chi connectivity index (χ4n) is 3.47. The van der Waals surface area contributed by atoms with Crippen LogP contribution in [0.2, 0.25) is 0 Å². The standard InChI is InChI=1S/C16H32N2/c1-2-5-9-13-16(12-8-4-1)18-15-11-7-3-6-10-14-17-18/h16-17H,1-15H2. The number of rotatable bonds is 1. The third-order valence-electron chi connectivity index (χ3n) is 4.66. The van der Waals surface area contributed by atoms with Gasteiger partial charge in [-0.3, -0.25) is 5.43 Å². The van der Waals surface area contributed by atoms with E-state index in [1.54, 1.807) is 0 Å². The lowest BCUT2D eigenvalue weighted by atomic mass is 10.0. The molecular weight excluding hydrogens is 220 g/mol. The Kier molecular flexibility index (Phi) is 7.11. The van der Waals surface area contributed by atoms with E-state index >= 15 is 0 Å². The first-order chi connectivity index (χ1) is 8.97. The molecule has 0 aromatic rings. The Labute approximate surface area is 113 Å². The Balaban J connectivity index is 1.83. The molecule has 0 atom stereocenters. The minimum Gasteiger partial charge on any atom is -0.255 e. The largest absolute Gasteiger partial charge is 0.255 e. The minimum absolute atomic E-state index is 0.821. The number of hydrogen-bond acceptors (Lipinski definition) is 2. The quantitative estimate of drug-likeness (QED) is 0.750. The molecule has 2 heteroatoms. The Bertz CT molecular complexity index is 163. The minimum atomic E-state index is 0.821. The van der Waals surface area contributed by atoms with Crippen molar-refractivity contribution in [3.05, 3.63) is 0 Å². The zero-order valence-electron chi connectivity index (χ0n) is 12.1. The summed E-state index contributed by atoms with van der Waals surface area (Å²) in [5.74, 6) is 0. The summed E-state index contributed by atoms with van der Waals surface area (Å²) in [5, 5.41) is 2.62. The maximum absolute atomic E-state index is 3.73. The van der Waals surface area contributed by atoms with Gasteiger partial charge in [0.2, 0.25) is 0 Å². The van der Waals surface area contributed by atoms with Gasteiger partial charge in [-0.25, -0.2) is 5.01 Å². The van der Waals surface area contributed by atoms with Crippen molar-refractivity contribution in [2.24, 2.45) is 0 Å². The summed E-state index contributed by atoms with van der Waals surface area (Å²) in [6, 6.07) is 0.821. The van der Waals surface area contributed by atoms with E-state index in [0.29, 0.717) is 0 Å². The molecule has 0 spiro atoms. The maximum atomic E-state index is 3.73. The molecular formula is C16H32N2. The molecule has 0 aromatic heterocycles. The van der Waals surface area contributed by atoms with Gasteiger partial charge < -0.3 is 0 Å². The predicted molar refractivity (Wildman–Crippen MR) is 78.5 cm³/mol. The molecule has 1 heterocycles. The Morgan fingerprint density at radius 3 is 1.89 bits per heavy atom. The third kappa shape index (κ3) is 5.27. The van der Waals surface area contributed by atoms with E-state index in [2.05, 4.69) is 10.4 Å². The molecule has 1 N–H and O–H groups in total. The topological polar surface area (TPSA) is 15.3 Å². The highest BCUT2D eigenvalue weighted by Gasteiger charge is 2.18. The van der Waals surface area contributed by atoms with Gasteiger partial charge in [-0.15, -0.1) is 0 Å². The molecule has 2 fully saturated rings. The van der Waals surface area contributed by atoms with Crippen molar-refractivity contribution in [1.82, 2.24) is 10.4 Å². The summed E-state index contributed by atoms with van der Waals surface area (Å²) in [7, 11) is 0. The van der Waals surface area contributed by atoms with Crippen LogP contribution in [0.5, 0.6) is 0 Å². The van der Waals surface area contributed by atoms with Crippen LogP contribution in [0, 0.1) is 0 Å². The molecule has 2 nitrogen and oxygen atoms in total. The van der Waals surface area contributed by atoms with Crippen molar-refractivity contribution >= 4 is 0 Å². The van der Waals surface area contributed by atoms with Crippen molar-refractivity contribution < 1.29 is 0 Å². The molecule has 1 saturated carbocycles. The van der Waals surface area contributed by atoms with Crippen LogP contribution in [-0.2, 0) is 0 Å². The highest BCUT2D eigenvalue weighted by Crippen LogP contribution is 2.21. The average Bonchev–Trinajstić information content (AvgIpc) is 2.61. The van der Waals surface area contributed by atoms with E-state index in [4.69, 9.17) is 0 Å². The average molecular weight is 252 g/mol. The molecule has 0 bridgehead atoms. The summed E-state index contributed by atoms with van der Waals surface area (Å²) < 4.78 is 0. The zero-order valence-corrected chi connectivity index (χ0v) is 12.1. The molecule has 0 radical (unpaired) electrons. The first-order valence-electron chi connectivity index (χ1n) is 8.47. The molecule has 18 heavy (non-hydrogen) atoms. The molecule has 0 aromatic carbocycles. The van der Waals surface area contributed by atoms with E-state index in [1.807, 2.05) is 0 Å². The van der Waals surface area contributed by atoms with Gasteiger partial charge in [0.1, 0.15) is 0 Å². The molecule has 0 unspecified atom stereocenters. The van der Waals surface area contributed by atoms with Crippen LogP contribution in [0.3, 0.4) is 0 Å². The van der Waals surface area contributed by atoms with Gasteiger partial charge in [-0.2, -0.15) is 0 Å². The van der Waals surface area contributed by atoms with Crippen LogP contribution >= 0.6 is 0 Å². The van der Waals surface area contributed by atoms with Crippen molar-refractivity contribution in [3.63, 3.8) is 0 Å². The highest BCUT2D eigenvalue weighted by molar-refractivity contribution is 4.72. The van der Waals surface area contributed by atoms with E-state index in [1.165, 1.54) is 96.6 Å². The summed E-state index contributed by atoms with van der Waals surface area (Å²) >= 11 is 0.